The lowest BCUT2D eigenvalue weighted by atomic mass is 10.2. The van der Waals surface area contributed by atoms with Crippen LogP contribution in [0.2, 0.25) is 0 Å². The highest BCUT2D eigenvalue weighted by atomic mass is 32.2. The number of carbonyl (C=O) groups excluding carboxylic acids is 1. The Bertz CT molecular complexity index is 1350. The van der Waals surface area contributed by atoms with Crippen molar-refractivity contribution in [2.24, 2.45) is 0 Å². The maximum absolute atomic E-state index is 14.5. The van der Waals surface area contributed by atoms with Crippen molar-refractivity contribution in [2.75, 3.05) is 31.6 Å². The number of morpholine rings is 1. The van der Waals surface area contributed by atoms with Crippen molar-refractivity contribution >= 4 is 27.4 Å². The minimum Gasteiger partial charge on any atom is -0.379 e. The first-order valence-electron chi connectivity index (χ1n) is 10.2. The quantitative estimate of drug-likeness (QED) is 0.415. The number of nitrogens with zero attached hydrogens (tertiary/aromatic N) is 4. The number of aromatic nitrogens is 2. The van der Waals surface area contributed by atoms with Gasteiger partial charge in [0.15, 0.2) is 0 Å². The molecule has 1 aromatic heterocycles. The number of nitro benzene ring substituents is 1. The van der Waals surface area contributed by atoms with Crippen LogP contribution in [0.3, 0.4) is 0 Å². The summed E-state index contributed by atoms with van der Waals surface area (Å²) in [4.78, 5) is 23.1. The number of rotatable bonds is 6. The molecule has 34 heavy (non-hydrogen) atoms. The molecule has 11 nitrogen and oxygen atoms in total. The van der Waals surface area contributed by atoms with E-state index in [1.54, 1.807) is 6.92 Å². The normalized spacial score (nSPS) is 14.6. The SMILES string of the molecule is Cc1cc(NC(=O)c2cc(S(=O)(=O)N3CCOCC3)ccc2F)n(-c2ccc([N+](=O)[O-])cc2)n1. The van der Waals surface area contributed by atoms with Crippen LogP contribution in [0.15, 0.2) is 53.4 Å². The number of nitrogens with one attached hydrogen (secondary N) is 1. The van der Waals surface area contributed by atoms with Gasteiger partial charge in [0.05, 0.1) is 40.0 Å². The lowest BCUT2D eigenvalue weighted by molar-refractivity contribution is -0.384. The average Bonchev–Trinajstić information content (AvgIpc) is 3.19. The zero-order valence-corrected chi connectivity index (χ0v) is 18.8. The molecule has 3 aromatic rings. The fourth-order valence-electron chi connectivity index (χ4n) is 3.46. The molecule has 0 spiro atoms. The van der Waals surface area contributed by atoms with E-state index < -0.39 is 32.2 Å². The fourth-order valence-corrected chi connectivity index (χ4v) is 4.89. The van der Waals surface area contributed by atoms with Gasteiger partial charge in [0.1, 0.15) is 11.6 Å². The number of hydrogen-bond acceptors (Lipinski definition) is 7. The summed E-state index contributed by atoms with van der Waals surface area (Å²) >= 11 is 0. The first kappa shape index (κ1) is 23.5. The predicted molar refractivity (Wildman–Crippen MR) is 119 cm³/mol. The van der Waals surface area contributed by atoms with Gasteiger partial charge < -0.3 is 10.1 Å². The first-order chi connectivity index (χ1) is 16.2. The minimum atomic E-state index is -3.93. The van der Waals surface area contributed by atoms with Gasteiger partial charge in [-0.25, -0.2) is 17.5 Å². The second kappa shape index (κ2) is 9.29. The standard InChI is InChI=1S/C21H20FN5O6S/c1-14-12-20(26(24-14)15-2-4-16(5-3-15)27(29)30)23-21(28)18-13-17(6-7-19(18)22)34(31,32)25-8-10-33-11-9-25/h2-7,12-13H,8-11H2,1H3,(H,23,28). The number of amides is 1. The summed E-state index contributed by atoms with van der Waals surface area (Å²) < 4.78 is 48.1. The van der Waals surface area contributed by atoms with Crippen molar-refractivity contribution in [1.29, 1.82) is 0 Å². The van der Waals surface area contributed by atoms with Crippen LogP contribution in [-0.4, -0.2) is 59.6 Å². The number of carbonyl (C=O) groups is 1. The van der Waals surface area contributed by atoms with Gasteiger partial charge in [-0.2, -0.15) is 9.40 Å². The molecule has 0 radical (unpaired) electrons. The molecule has 0 bridgehead atoms. The van der Waals surface area contributed by atoms with Crippen LogP contribution < -0.4 is 5.32 Å². The molecule has 4 rings (SSSR count). The fraction of sp³-hybridized carbons (Fsp3) is 0.238. The van der Waals surface area contributed by atoms with Gasteiger partial charge in [-0.15, -0.1) is 0 Å². The topological polar surface area (TPSA) is 137 Å². The summed E-state index contributed by atoms with van der Waals surface area (Å²) in [5.41, 5.74) is 0.387. The number of sulfonamides is 1. The van der Waals surface area contributed by atoms with Crippen molar-refractivity contribution in [3.05, 3.63) is 75.7 Å². The maximum Gasteiger partial charge on any atom is 0.269 e. The lowest BCUT2D eigenvalue weighted by Crippen LogP contribution is -2.40. The molecule has 1 fully saturated rings. The molecular weight excluding hydrogens is 469 g/mol. The maximum atomic E-state index is 14.5. The van der Waals surface area contributed by atoms with Gasteiger partial charge in [-0.1, -0.05) is 0 Å². The Kier molecular flexibility index (Phi) is 6.41. The number of benzene rings is 2. The number of ether oxygens (including phenoxy) is 1. The molecule has 0 aliphatic carbocycles. The summed E-state index contributed by atoms with van der Waals surface area (Å²) in [6, 6.07) is 10.1. The Morgan fingerprint density at radius 2 is 1.82 bits per heavy atom. The van der Waals surface area contributed by atoms with E-state index in [1.807, 2.05) is 0 Å². The van der Waals surface area contributed by atoms with Gasteiger partial charge in [-0.3, -0.25) is 14.9 Å². The van der Waals surface area contributed by atoms with Crippen molar-refractivity contribution in [1.82, 2.24) is 14.1 Å². The van der Waals surface area contributed by atoms with E-state index in [0.717, 1.165) is 18.2 Å². The van der Waals surface area contributed by atoms with Crippen LogP contribution in [0.4, 0.5) is 15.9 Å². The van der Waals surface area contributed by atoms with E-state index in [2.05, 4.69) is 10.4 Å². The second-order valence-corrected chi connectivity index (χ2v) is 9.41. The van der Waals surface area contributed by atoms with Crippen LogP contribution in [-0.2, 0) is 14.8 Å². The number of anilines is 1. The molecule has 2 aromatic carbocycles. The van der Waals surface area contributed by atoms with Gasteiger partial charge in [0.2, 0.25) is 10.0 Å². The largest absolute Gasteiger partial charge is 0.379 e. The number of halogens is 1. The monoisotopic (exact) mass is 489 g/mol. The van der Waals surface area contributed by atoms with E-state index in [0.29, 0.717) is 11.4 Å². The third-order valence-corrected chi connectivity index (χ3v) is 7.06. The molecular formula is C21H20FN5O6S. The Hall–Kier alpha value is -3.68. The molecule has 1 amide bonds. The van der Waals surface area contributed by atoms with E-state index in [1.165, 1.54) is 39.3 Å². The number of aryl methyl sites for hydroxylation is 1. The van der Waals surface area contributed by atoms with Crippen LogP contribution in [0, 0.1) is 22.9 Å². The molecule has 178 valence electrons. The van der Waals surface area contributed by atoms with Gasteiger partial charge in [0.25, 0.3) is 11.6 Å². The summed E-state index contributed by atoms with van der Waals surface area (Å²) in [6.45, 7) is 2.50. The molecule has 1 aliphatic heterocycles. The third-order valence-electron chi connectivity index (χ3n) is 5.17. The smallest absolute Gasteiger partial charge is 0.269 e. The van der Waals surface area contributed by atoms with Gasteiger partial charge in [0, 0.05) is 31.3 Å². The second-order valence-electron chi connectivity index (χ2n) is 7.47. The first-order valence-corrected chi connectivity index (χ1v) is 11.6. The molecule has 13 heteroatoms. The molecule has 1 saturated heterocycles. The summed E-state index contributed by atoms with van der Waals surface area (Å²) in [6.07, 6.45) is 0. The summed E-state index contributed by atoms with van der Waals surface area (Å²) in [5.74, 6) is -1.59. The van der Waals surface area contributed by atoms with Crippen molar-refractivity contribution < 1.29 is 27.3 Å². The predicted octanol–water partition coefficient (Wildman–Crippen LogP) is 2.50. The highest BCUT2D eigenvalue weighted by Crippen LogP contribution is 2.23. The van der Waals surface area contributed by atoms with Gasteiger partial charge in [-0.05, 0) is 37.3 Å². The number of hydrogen-bond donors (Lipinski definition) is 1. The van der Waals surface area contributed by atoms with E-state index >= 15 is 0 Å². The summed E-state index contributed by atoms with van der Waals surface area (Å²) in [7, 11) is -3.93. The minimum absolute atomic E-state index is 0.112. The van der Waals surface area contributed by atoms with E-state index in [9.17, 15) is 27.7 Å². The molecule has 2 heterocycles. The highest BCUT2D eigenvalue weighted by molar-refractivity contribution is 7.89. The number of non-ortho nitro benzene ring substituents is 1. The molecule has 1 N–H and O–H groups in total. The third kappa shape index (κ3) is 4.66. The molecule has 1 aliphatic rings. The Morgan fingerprint density at radius 3 is 2.47 bits per heavy atom. The van der Waals surface area contributed by atoms with Crippen molar-refractivity contribution in [2.45, 2.75) is 11.8 Å². The average molecular weight is 489 g/mol. The lowest BCUT2D eigenvalue weighted by Gasteiger charge is -2.26. The van der Waals surface area contributed by atoms with Crippen LogP contribution in [0.25, 0.3) is 5.69 Å². The Labute approximate surface area is 194 Å². The van der Waals surface area contributed by atoms with Crippen LogP contribution in [0.1, 0.15) is 16.1 Å². The molecule has 0 atom stereocenters. The number of nitro groups is 1. The van der Waals surface area contributed by atoms with Crippen molar-refractivity contribution in [3.8, 4) is 5.69 Å². The molecule has 0 unspecified atom stereocenters. The summed E-state index contributed by atoms with van der Waals surface area (Å²) in [5, 5.41) is 17.7. The highest BCUT2D eigenvalue weighted by Gasteiger charge is 2.28. The van der Waals surface area contributed by atoms with E-state index in [4.69, 9.17) is 4.74 Å². The molecule has 0 saturated carbocycles. The van der Waals surface area contributed by atoms with Crippen LogP contribution >= 0.6 is 0 Å². The zero-order chi connectivity index (χ0) is 24.5. The van der Waals surface area contributed by atoms with E-state index in [-0.39, 0.29) is 42.7 Å². The van der Waals surface area contributed by atoms with Crippen LogP contribution in [0.5, 0.6) is 0 Å². The van der Waals surface area contributed by atoms with Gasteiger partial charge >= 0.3 is 0 Å². The zero-order valence-electron chi connectivity index (χ0n) is 18.0. The Balaban J connectivity index is 1.62. The Morgan fingerprint density at radius 1 is 1.15 bits per heavy atom. The van der Waals surface area contributed by atoms with Crippen molar-refractivity contribution in [3.63, 3.8) is 0 Å².